The first-order valence-corrected chi connectivity index (χ1v) is 13.3. The molecule has 0 bridgehead atoms. The molecule has 204 valence electrons. The smallest absolute Gasteiger partial charge is 0.232 e. The standard InChI is InChI=1S/C25H29FN10O2S/c1-16-12-34(7-8-35(16)24-27-9-19(10-28-24)39-22-6-4-3-5-20(22)26)25-30-15-29-23(33-25)32-21-11-31-36(17(21)2)13-18(38)14-37/h3-6,9-11,15-16,18,37-38H,7-8,12-14H2,1-2H3,(H,29,30,32,33). The largest absolute Gasteiger partial charge is 0.394 e. The van der Waals surface area contributed by atoms with E-state index < -0.39 is 6.10 Å². The Kier molecular flexibility index (Phi) is 8.14. The number of rotatable bonds is 9. The van der Waals surface area contributed by atoms with Crippen LogP contribution in [0.25, 0.3) is 0 Å². The van der Waals surface area contributed by atoms with Gasteiger partial charge in [0.2, 0.25) is 17.8 Å². The lowest BCUT2D eigenvalue weighted by molar-refractivity contribution is 0.0777. The average Bonchev–Trinajstić information content (AvgIpc) is 3.28. The molecule has 1 aromatic carbocycles. The number of nitrogens with one attached hydrogen (secondary N) is 1. The molecule has 5 rings (SSSR count). The molecule has 0 amide bonds. The van der Waals surface area contributed by atoms with Crippen LogP contribution in [-0.4, -0.2) is 83.3 Å². The lowest BCUT2D eigenvalue weighted by Gasteiger charge is -2.39. The summed E-state index contributed by atoms with van der Waals surface area (Å²) >= 11 is 1.29. The summed E-state index contributed by atoms with van der Waals surface area (Å²) in [6.07, 6.45) is 5.64. The number of nitrogens with zero attached hydrogens (tertiary/aromatic N) is 9. The maximum absolute atomic E-state index is 14.0. The number of aliphatic hydroxyl groups is 2. The Labute approximate surface area is 229 Å². The SMILES string of the molecule is Cc1c(Nc2ncnc(N3CCN(c4ncc(Sc5ccccc5F)cn4)C(C)C3)n2)cnn1CC(O)CO. The number of anilines is 4. The number of piperazine rings is 1. The molecule has 1 aliphatic heterocycles. The van der Waals surface area contributed by atoms with Crippen LogP contribution in [0, 0.1) is 12.7 Å². The monoisotopic (exact) mass is 552 g/mol. The van der Waals surface area contributed by atoms with E-state index in [1.165, 1.54) is 24.2 Å². The molecule has 1 saturated heterocycles. The van der Waals surface area contributed by atoms with Crippen molar-refractivity contribution in [3.63, 3.8) is 0 Å². The van der Waals surface area contributed by atoms with Crippen molar-refractivity contribution in [1.82, 2.24) is 34.7 Å². The van der Waals surface area contributed by atoms with Gasteiger partial charge in [0.15, 0.2) is 0 Å². The molecule has 1 fully saturated rings. The minimum atomic E-state index is -0.887. The molecule has 0 spiro atoms. The Balaban J connectivity index is 1.21. The van der Waals surface area contributed by atoms with Crippen LogP contribution >= 0.6 is 11.8 Å². The second-order valence-electron chi connectivity index (χ2n) is 9.14. The number of halogens is 1. The maximum atomic E-state index is 14.0. The first kappa shape index (κ1) is 26.7. The van der Waals surface area contributed by atoms with Crippen molar-refractivity contribution in [1.29, 1.82) is 0 Å². The predicted octanol–water partition coefficient (Wildman–Crippen LogP) is 2.27. The summed E-state index contributed by atoms with van der Waals surface area (Å²) in [4.78, 5) is 27.8. The molecule has 0 saturated carbocycles. The molecule has 1 aliphatic rings. The molecule has 2 atom stereocenters. The van der Waals surface area contributed by atoms with Gasteiger partial charge in [-0.1, -0.05) is 23.9 Å². The molecule has 0 radical (unpaired) electrons. The van der Waals surface area contributed by atoms with Gasteiger partial charge in [-0.2, -0.15) is 10.1 Å². The molecule has 39 heavy (non-hydrogen) atoms. The van der Waals surface area contributed by atoms with Crippen molar-refractivity contribution >= 4 is 35.3 Å². The van der Waals surface area contributed by atoms with E-state index >= 15 is 0 Å². The molecule has 14 heteroatoms. The summed E-state index contributed by atoms with van der Waals surface area (Å²) in [5.41, 5.74) is 1.48. The van der Waals surface area contributed by atoms with Crippen LogP contribution in [0.1, 0.15) is 12.6 Å². The first-order chi connectivity index (χ1) is 18.9. The van der Waals surface area contributed by atoms with E-state index in [9.17, 15) is 9.50 Å². The Morgan fingerprint density at radius 1 is 1.10 bits per heavy atom. The number of hydrogen-bond donors (Lipinski definition) is 3. The normalized spacial score (nSPS) is 16.4. The van der Waals surface area contributed by atoms with Crippen molar-refractivity contribution in [2.75, 3.05) is 41.4 Å². The van der Waals surface area contributed by atoms with Crippen LogP contribution in [-0.2, 0) is 6.54 Å². The van der Waals surface area contributed by atoms with Gasteiger partial charge in [0.1, 0.15) is 12.1 Å². The lowest BCUT2D eigenvalue weighted by atomic mass is 10.2. The highest BCUT2D eigenvalue weighted by molar-refractivity contribution is 7.99. The third-order valence-corrected chi connectivity index (χ3v) is 7.35. The van der Waals surface area contributed by atoms with Crippen LogP contribution < -0.4 is 15.1 Å². The van der Waals surface area contributed by atoms with Crippen molar-refractivity contribution < 1.29 is 14.6 Å². The van der Waals surface area contributed by atoms with E-state index in [1.807, 2.05) is 6.92 Å². The van der Waals surface area contributed by atoms with E-state index in [1.54, 1.807) is 41.5 Å². The van der Waals surface area contributed by atoms with Gasteiger partial charge < -0.3 is 25.3 Å². The van der Waals surface area contributed by atoms with Crippen LogP contribution in [0.4, 0.5) is 27.9 Å². The predicted molar refractivity (Wildman–Crippen MR) is 145 cm³/mol. The highest BCUT2D eigenvalue weighted by Crippen LogP contribution is 2.29. The van der Waals surface area contributed by atoms with Crippen molar-refractivity contribution in [2.45, 2.75) is 42.3 Å². The van der Waals surface area contributed by atoms with Gasteiger partial charge in [-0.15, -0.1) is 0 Å². The molecule has 12 nitrogen and oxygen atoms in total. The van der Waals surface area contributed by atoms with Crippen LogP contribution in [0.3, 0.4) is 0 Å². The highest BCUT2D eigenvalue weighted by atomic mass is 32.2. The molecular formula is C25H29FN10O2S. The molecule has 3 aromatic heterocycles. The van der Waals surface area contributed by atoms with Crippen LogP contribution in [0.5, 0.6) is 0 Å². The Morgan fingerprint density at radius 2 is 1.90 bits per heavy atom. The zero-order valence-corrected chi connectivity index (χ0v) is 22.3. The van der Waals surface area contributed by atoms with Crippen LogP contribution in [0.15, 0.2) is 59.0 Å². The zero-order chi connectivity index (χ0) is 27.4. The first-order valence-electron chi connectivity index (χ1n) is 12.4. The third-order valence-electron chi connectivity index (χ3n) is 6.35. The van der Waals surface area contributed by atoms with Gasteiger partial charge in [0.05, 0.1) is 36.8 Å². The molecule has 0 aliphatic carbocycles. The third kappa shape index (κ3) is 6.24. The molecular weight excluding hydrogens is 523 g/mol. The fraction of sp³-hybridized carbons (Fsp3) is 0.360. The molecule has 3 N–H and O–H groups in total. The quantitative estimate of drug-likeness (QED) is 0.280. The summed E-state index contributed by atoms with van der Waals surface area (Å²) in [5.74, 6) is 1.29. The van der Waals surface area contributed by atoms with Crippen molar-refractivity contribution in [2.24, 2.45) is 0 Å². The Morgan fingerprint density at radius 3 is 2.64 bits per heavy atom. The van der Waals surface area contributed by atoms with E-state index in [-0.39, 0.29) is 25.0 Å². The number of benzene rings is 1. The van der Waals surface area contributed by atoms with E-state index in [0.717, 1.165) is 10.6 Å². The average molecular weight is 553 g/mol. The van der Waals surface area contributed by atoms with Crippen molar-refractivity contribution in [3.8, 4) is 0 Å². The summed E-state index contributed by atoms with van der Waals surface area (Å²) in [6.45, 7) is 5.80. The van der Waals surface area contributed by atoms with E-state index in [2.05, 4.69) is 52.1 Å². The summed E-state index contributed by atoms with van der Waals surface area (Å²) in [6, 6.07) is 6.73. The van der Waals surface area contributed by atoms with Crippen molar-refractivity contribution in [3.05, 3.63) is 60.7 Å². The Hall–Kier alpha value is -3.88. The summed E-state index contributed by atoms with van der Waals surface area (Å²) in [7, 11) is 0. The summed E-state index contributed by atoms with van der Waals surface area (Å²) in [5, 5.41) is 26.2. The number of aromatic nitrogens is 7. The molecule has 2 unspecified atom stereocenters. The van der Waals surface area contributed by atoms with Gasteiger partial charge in [0.25, 0.3) is 0 Å². The van der Waals surface area contributed by atoms with E-state index in [0.29, 0.717) is 48.1 Å². The topological polar surface area (TPSA) is 141 Å². The lowest BCUT2D eigenvalue weighted by Crippen LogP contribution is -2.53. The number of aliphatic hydroxyl groups excluding tert-OH is 2. The second kappa shape index (κ2) is 11.9. The molecule has 4 heterocycles. The fourth-order valence-corrected chi connectivity index (χ4v) is 5.01. The fourth-order valence-electron chi connectivity index (χ4n) is 4.23. The Bertz CT molecular complexity index is 1410. The minimum Gasteiger partial charge on any atom is -0.394 e. The maximum Gasteiger partial charge on any atom is 0.232 e. The summed E-state index contributed by atoms with van der Waals surface area (Å²) < 4.78 is 15.6. The van der Waals surface area contributed by atoms with Gasteiger partial charge in [-0.25, -0.2) is 24.3 Å². The second-order valence-corrected chi connectivity index (χ2v) is 10.3. The molecule has 4 aromatic rings. The highest BCUT2D eigenvalue weighted by Gasteiger charge is 2.27. The minimum absolute atomic E-state index is 0.0930. The van der Waals surface area contributed by atoms with Gasteiger partial charge >= 0.3 is 0 Å². The van der Waals surface area contributed by atoms with Gasteiger partial charge in [0, 0.05) is 47.9 Å². The zero-order valence-electron chi connectivity index (χ0n) is 21.5. The van der Waals surface area contributed by atoms with Crippen LogP contribution in [0.2, 0.25) is 0 Å². The van der Waals surface area contributed by atoms with Gasteiger partial charge in [-0.05, 0) is 26.0 Å². The van der Waals surface area contributed by atoms with Gasteiger partial charge in [-0.3, -0.25) is 4.68 Å². The number of hydrogen-bond acceptors (Lipinski definition) is 12. The van der Waals surface area contributed by atoms with E-state index in [4.69, 9.17) is 5.11 Å².